The average molecular weight is 355 g/mol. The van der Waals surface area contributed by atoms with Crippen molar-refractivity contribution in [2.24, 2.45) is 13.0 Å². The Morgan fingerprint density at radius 2 is 2.15 bits per heavy atom. The number of ether oxygens (including phenoxy) is 1. The third-order valence-electron chi connectivity index (χ3n) is 4.93. The Kier molecular flexibility index (Phi) is 4.20. The number of carbonyl (C=O) groups excluding carboxylic acids is 1. The number of methoxy groups -OCH3 is 1. The van der Waals surface area contributed by atoms with Crippen LogP contribution in [0.4, 0.5) is 0 Å². The highest BCUT2D eigenvalue weighted by Crippen LogP contribution is 2.33. The molecule has 1 fully saturated rings. The predicted octanol–water partition coefficient (Wildman–Crippen LogP) is 1.77. The van der Waals surface area contributed by atoms with Crippen LogP contribution in [0.5, 0.6) is 0 Å². The number of likely N-dealkylation sites (tertiary alicyclic amines) is 1. The van der Waals surface area contributed by atoms with E-state index in [1.165, 1.54) is 0 Å². The van der Waals surface area contributed by atoms with Gasteiger partial charge in [0.15, 0.2) is 11.5 Å². The third-order valence-corrected chi connectivity index (χ3v) is 4.93. The summed E-state index contributed by atoms with van der Waals surface area (Å²) in [6.45, 7) is 3.40. The van der Waals surface area contributed by atoms with E-state index in [4.69, 9.17) is 9.26 Å². The standard InChI is InChI=1S/C18H21N5O3/c1-11-19-17(26-21-11)14-9-23(8-12(14)10-25-3)18(24)16-13-6-4-5-7-15(13)22(2)20-16/h4-7,12,14H,8-10H2,1-3H3. The van der Waals surface area contributed by atoms with Crippen LogP contribution in [0.25, 0.3) is 10.9 Å². The lowest BCUT2D eigenvalue weighted by molar-refractivity contribution is 0.0770. The number of para-hydroxylation sites is 1. The van der Waals surface area contributed by atoms with Gasteiger partial charge in [-0.3, -0.25) is 9.48 Å². The van der Waals surface area contributed by atoms with Gasteiger partial charge in [0.25, 0.3) is 5.91 Å². The van der Waals surface area contributed by atoms with Gasteiger partial charge in [0.05, 0.1) is 18.0 Å². The van der Waals surface area contributed by atoms with Gasteiger partial charge in [-0.25, -0.2) is 0 Å². The van der Waals surface area contributed by atoms with Crippen molar-refractivity contribution in [2.75, 3.05) is 26.8 Å². The maximum atomic E-state index is 13.1. The van der Waals surface area contributed by atoms with Crippen molar-refractivity contribution < 1.29 is 14.1 Å². The van der Waals surface area contributed by atoms with Gasteiger partial charge in [-0.1, -0.05) is 23.4 Å². The lowest BCUT2D eigenvalue weighted by atomic mass is 9.97. The molecule has 1 aromatic carbocycles. The van der Waals surface area contributed by atoms with E-state index in [1.54, 1.807) is 18.7 Å². The molecular formula is C18H21N5O3. The van der Waals surface area contributed by atoms with Crippen molar-refractivity contribution in [2.45, 2.75) is 12.8 Å². The number of carbonyl (C=O) groups is 1. The van der Waals surface area contributed by atoms with Crippen molar-refractivity contribution in [3.05, 3.63) is 41.7 Å². The Bertz CT molecular complexity index is 947. The van der Waals surface area contributed by atoms with Gasteiger partial charge < -0.3 is 14.2 Å². The molecule has 0 bridgehead atoms. The van der Waals surface area contributed by atoms with E-state index in [0.29, 0.717) is 37.1 Å². The number of hydrogen-bond acceptors (Lipinski definition) is 6. The first kappa shape index (κ1) is 16.7. The Morgan fingerprint density at radius 1 is 1.35 bits per heavy atom. The summed E-state index contributed by atoms with van der Waals surface area (Å²) >= 11 is 0. The summed E-state index contributed by atoms with van der Waals surface area (Å²) in [6, 6.07) is 7.75. The first-order chi connectivity index (χ1) is 12.6. The molecule has 8 nitrogen and oxygen atoms in total. The van der Waals surface area contributed by atoms with Gasteiger partial charge in [0, 0.05) is 38.6 Å². The van der Waals surface area contributed by atoms with E-state index in [1.807, 2.05) is 36.2 Å². The van der Waals surface area contributed by atoms with Crippen LogP contribution >= 0.6 is 0 Å². The molecule has 0 spiro atoms. The highest BCUT2D eigenvalue weighted by atomic mass is 16.5. The van der Waals surface area contributed by atoms with Crippen molar-refractivity contribution in [3.8, 4) is 0 Å². The summed E-state index contributed by atoms with van der Waals surface area (Å²) < 4.78 is 12.4. The first-order valence-electron chi connectivity index (χ1n) is 8.58. The molecule has 1 aliphatic heterocycles. The average Bonchev–Trinajstić information content (AvgIpc) is 3.33. The lowest BCUT2D eigenvalue weighted by Crippen LogP contribution is -2.30. The maximum Gasteiger partial charge on any atom is 0.275 e. The quantitative estimate of drug-likeness (QED) is 0.709. The second-order valence-corrected chi connectivity index (χ2v) is 6.70. The highest BCUT2D eigenvalue weighted by Gasteiger charge is 2.40. The highest BCUT2D eigenvalue weighted by molar-refractivity contribution is 6.05. The second kappa shape index (κ2) is 6.53. The topological polar surface area (TPSA) is 86.3 Å². The SMILES string of the molecule is COCC1CN(C(=O)c2nn(C)c3ccccc23)CC1c1nc(C)no1. The minimum atomic E-state index is -0.0818. The number of fused-ring (bicyclic) bond motifs is 1. The van der Waals surface area contributed by atoms with Crippen LogP contribution in [0.3, 0.4) is 0 Å². The molecule has 2 unspecified atom stereocenters. The van der Waals surface area contributed by atoms with Crippen LogP contribution in [-0.2, 0) is 11.8 Å². The smallest absolute Gasteiger partial charge is 0.275 e. The Labute approximate surface area is 150 Å². The van der Waals surface area contributed by atoms with Crippen LogP contribution in [0.2, 0.25) is 0 Å². The lowest BCUT2D eigenvalue weighted by Gasteiger charge is -2.14. The monoisotopic (exact) mass is 355 g/mol. The van der Waals surface area contributed by atoms with Gasteiger partial charge >= 0.3 is 0 Å². The molecule has 1 saturated heterocycles. The van der Waals surface area contributed by atoms with Gasteiger partial charge in [-0.2, -0.15) is 10.1 Å². The third kappa shape index (κ3) is 2.76. The number of aryl methyl sites for hydroxylation is 2. The maximum absolute atomic E-state index is 13.1. The summed E-state index contributed by atoms with van der Waals surface area (Å²) in [5.74, 6) is 1.15. The summed E-state index contributed by atoms with van der Waals surface area (Å²) in [4.78, 5) is 19.3. The normalized spacial score (nSPS) is 20.2. The van der Waals surface area contributed by atoms with Crippen molar-refractivity contribution >= 4 is 16.8 Å². The van der Waals surface area contributed by atoms with E-state index in [2.05, 4.69) is 15.2 Å². The molecule has 136 valence electrons. The number of amides is 1. The Balaban J connectivity index is 1.64. The van der Waals surface area contributed by atoms with E-state index in [0.717, 1.165) is 10.9 Å². The zero-order chi connectivity index (χ0) is 18.3. The minimum Gasteiger partial charge on any atom is -0.384 e. The zero-order valence-electron chi connectivity index (χ0n) is 15.0. The van der Waals surface area contributed by atoms with Crippen LogP contribution in [-0.4, -0.2) is 57.5 Å². The number of rotatable bonds is 4. The molecule has 0 N–H and O–H groups in total. The molecular weight excluding hydrogens is 334 g/mol. The summed E-state index contributed by atoms with van der Waals surface area (Å²) in [5.41, 5.74) is 1.41. The predicted molar refractivity (Wildman–Crippen MR) is 93.8 cm³/mol. The van der Waals surface area contributed by atoms with E-state index in [-0.39, 0.29) is 17.7 Å². The molecule has 0 radical (unpaired) electrons. The zero-order valence-corrected chi connectivity index (χ0v) is 15.0. The fourth-order valence-corrected chi connectivity index (χ4v) is 3.69. The minimum absolute atomic E-state index is 0.0323. The molecule has 2 aromatic heterocycles. The van der Waals surface area contributed by atoms with Crippen molar-refractivity contribution in [1.29, 1.82) is 0 Å². The molecule has 3 aromatic rings. The Hall–Kier alpha value is -2.74. The van der Waals surface area contributed by atoms with Gasteiger partial charge in [-0.15, -0.1) is 0 Å². The molecule has 3 heterocycles. The summed E-state index contributed by atoms with van der Waals surface area (Å²) in [5, 5.41) is 9.19. The molecule has 8 heteroatoms. The van der Waals surface area contributed by atoms with Gasteiger partial charge in [0.1, 0.15) is 0 Å². The van der Waals surface area contributed by atoms with Crippen molar-refractivity contribution in [1.82, 2.24) is 24.8 Å². The first-order valence-corrected chi connectivity index (χ1v) is 8.58. The molecule has 1 aliphatic rings. The van der Waals surface area contributed by atoms with Gasteiger partial charge in [-0.05, 0) is 13.0 Å². The van der Waals surface area contributed by atoms with Gasteiger partial charge in [0.2, 0.25) is 5.89 Å². The van der Waals surface area contributed by atoms with E-state index >= 15 is 0 Å². The molecule has 0 saturated carbocycles. The van der Waals surface area contributed by atoms with E-state index < -0.39 is 0 Å². The molecule has 0 aliphatic carbocycles. The molecule has 1 amide bonds. The fraction of sp³-hybridized carbons (Fsp3) is 0.444. The van der Waals surface area contributed by atoms with Crippen LogP contribution in [0, 0.1) is 12.8 Å². The van der Waals surface area contributed by atoms with Crippen LogP contribution < -0.4 is 0 Å². The second-order valence-electron chi connectivity index (χ2n) is 6.70. The number of benzene rings is 1. The molecule has 2 atom stereocenters. The number of nitrogens with zero attached hydrogens (tertiary/aromatic N) is 5. The van der Waals surface area contributed by atoms with E-state index in [9.17, 15) is 4.79 Å². The molecule has 4 rings (SSSR count). The number of hydrogen-bond donors (Lipinski definition) is 0. The molecule has 26 heavy (non-hydrogen) atoms. The van der Waals surface area contributed by atoms with Crippen molar-refractivity contribution in [3.63, 3.8) is 0 Å². The van der Waals surface area contributed by atoms with Crippen LogP contribution in [0.15, 0.2) is 28.8 Å². The number of aromatic nitrogens is 4. The fourth-order valence-electron chi connectivity index (χ4n) is 3.69. The Morgan fingerprint density at radius 3 is 2.88 bits per heavy atom. The summed E-state index contributed by atoms with van der Waals surface area (Å²) in [6.07, 6.45) is 0. The largest absolute Gasteiger partial charge is 0.384 e. The summed E-state index contributed by atoms with van der Waals surface area (Å²) in [7, 11) is 3.51. The van der Waals surface area contributed by atoms with Crippen LogP contribution in [0.1, 0.15) is 28.1 Å².